The summed E-state index contributed by atoms with van der Waals surface area (Å²) in [6.07, 6.45) is 0.806. The molecule has 0 radical (unpaired) electrons. The van der Waals surface area contributed by atoms with Gasteiger partial charge in [0.1, 0.15) is 11.6 Å². The van der Waals surface area contributed by atoms with Crippen molar-refractivity contribution in [2.75, 3.05) is 5.32 Å². The van der Waals surface area contributed by atoms with Crippen LogP contribution in [0.25, 0.3) is 0 Å². The summed E-state index contributed by atoms with van der Waals surface area (Å²) in [6.45, 7) is -0.818. The molecule has 0 aliphatic rings. The van der Waals surface area contributed by atoms with Crippen molar-refractivity contribution < 1.29 is 17.9 Å². The summed E-state index contributed by atoms with van der Waals surface area (Å²) in [5.41, 5.74) is 1.75. The van der Waals surface area contributed by atoms with Crippen molar-refractivity contribution in [3.8, 4) is 5.75 Å². The van der Waals surface area contributed by atoms with Gasteiger partial charge in [-0.2, -0.15) is 8.78 Å². The molecule has 0 fully saturated rings. The van der Waals surface area contributed by atoms with Crippen LogP contribution in [0.5, 0.6) is 5.75 Å². The number of ether oxygens (including phenoxy) is 1. The van der Waals surface area contributed by atoms with E-state index in [0.717, 1.165) is 17.7 Å². The van der Waals surface area contributed by atoms with Crippen LogP contribution in [0, 0.1) is 5.82 Å². The van der Waals surface area contributed by atoms with Crippen molar-refractivity contribution in [2.24, 2.45) is 0 Å². The number of nitrogens with one attached hydrogen (secondary N) is 1. The van der Waals surface area contributed by atoms with E-state index in [1.54, 1.807) is 24.3 Å². The third-order valence-electron chi connectivity index (χ3n) is 3.10. The molecule has 0 bridgehead atoms. The Morgan fingerprint density at radius 1 is 1.00 bits per heavy atom. The first kappa shape index (κ1) is 15.2. The fourth-order valence-corrected chi connectivity index (χ4v) is 2.05. The Balaban J connectivity index is 2.06. The van der Waals surface area contributed by atoms with Crippen molar-refractivity contribution in [1.82, 2.24) is 0 Å². The number of hydrogen-bond acceptors (Lipinski definition) is 2. The van der Waals surface area contributed by atoms with Gasteiger partial charge in [0.25, 0.3) is 0 Å². The Labute approximate surface area is 121 Å². The van der Waals surface area contributed by atoms with Crippen molar-refractivity contribution in [1.29, 1.82) is 0 Å². The normalized spacial score (nSPS) is 12.2. The molecule has 0 spiro atoms. The van der Waals surface area contributed by atoms with Crippen LogP contribution in [0.3, 0.4) is 0 Å². The summed E-state index contributed by atoms with van der Waals surface area (Å²) in [5.74, 6) is -0.160. The van der Waals surface area contributed by atoms with E-state index in [9.17, 15) is 13.2 Å². The van der Waals surface area contributed by atoms with E-state index >= 15 is 0 Å². The quantitative estimate of drug-likeness (QED) is 0.810. The van der Waals surface area contributed by atoms with Crippen LogP contribution in [0.15, 0.2) is 48.5 Å². The lowest BCUT2D eigenvalue weighted by atomic mass is 10.0. The second-order valence-electron chi connectivity index (χ2n) is 4.56. The van der Waals surface area contributed by atoms with Crippen LogP contribution >= 0.6 is 0 Å². The monoisotopic (exact) mass is 295 g/mol. The molecule has 0 saturated heterocycles. The average molecular weight is 295 g/mol. The summed E-state index contributed by atoms with van der Waals surface area (Å²) in [7, 11) is 0. The van der Waals surface area contributed by atoms with Gasteiger partial charge < -0.3 is 10.1 Å². The first-order valence-corrected chi connectivity index (χ1v) is 6.65. The predicted molar refractivity (Wildman–Crippen MR) is 76.1 cm³/mol. The SMILES string of the molecule is CCC(Nc1ccc(OC(F)F)cc1)c1ccc(F)cc1. The molecule has 2 rings (SSSR count). The Morgan fingerprint density at radius 3 is 2.14 bits per heavy atom. The maximum atomic E-state index is 12.9. The fraction of sp³-hybridized carbons (Fsp3) is 0.250. The summed E-state index contributed by atoms with van der Waals surface area (Å²) in [5, 5.41) is 3.28. The molecule has 0 heterocycles. The third-order valence-corrected chi connectivity index (χ3v) is 3.10. The minimum Gasteiger partial charge on any atom is -0.435 e. The summed E-state index contributed by atoms with van der Waals surface area (Å²) >= 11 is 0. The molecule has 0 amide bonds. The highest BCUT2D eigenvalue weighted by atomic mass is 19.3. The Bertz CT molecular complexity index is 555. The topological polar surface area (TPSA) is 21.3 Å². The molecule has 112 valence electrons. The maximum Gasteiger partial charge on any atom is 0.387 e. The number of benzene rings is 2. The Morgan fingerprint density at radius 2 is 1.62 bits per heavy atom. The summed E-state index contributed by atoms with van der Waals surface area (Å²) < 4.78 is 41.4. The van der Waals surface area contributed by atoms with Gasteiger partial charge in [-0.3, -0.25) is 0 Å². The first-order chi connectivity index (χ1) is 10.1. The van der Waals surface area contributed by atoms with Crippen LogP contribution < -0.4 is 10.1 Å². The molecular formula is C16H16F3NO. The van der Waals surface area contributed by atoms with Gasteiger partial charge in [0.15, 0.2) is 0 Å². The molecule has 0 aliphatic heterocycles. The smallest absolute Gasteiger partial charge is 0.387 e. The molecule has 0 aromatic heterocycles. The molecule has 5 heteroatoms. The number of hydrogen-bond donors (Lipinski definition) is 1. The van der Waals surface area contributed by atoms with Crippen LogP contribution in [0.1, 0.15) is 24.9 Å². The molecule has 1 atom stereocenters. The summed E-state index contributed by atoms with van der Waals surface area (Å²) in [4.78, 5) is 0. The van der Waals surface area contributed by atoms with Crippen LogP contribution in [0.2, 0.25) is 0 Å². The minimum atomic E-state index is -2.83. The molecule has 1 unspecified atom stereocenters. The summed E-state index contributed by atoms with van der Waals surface area (Å²) in [6, 6.07) is 12.6. The predicted octanol–water partition coefficient (Wildman–Crippen LogP) is 4.99. The van der Waals surface area contributed by atoms with Crippen molar-refractivity contribution in [2.45, 2.75) is 26.0 Å². The van der Waals surface area contributed by atoms with E-state index in [-0.39, 0.29) is 17.6 Å². The van der Waals surface area contributed by atoms with Crippen LogP contribution in [-0.4, -0.2) is 6.61 Å². The van der Waals surface area contributed by atoms with E-state index in [0.29, 0.717) is 0 Å². The molecule has 2 nitrogen and oxygen atoms in total. The number of halogens is 3. The largest absolute Gasteiger partial charge is 0.435 e. The zero-order valence-corrected chi connectivity index (χ0v) is 11.5. The van der Waals surface area contributed by atoms with Gasteiger partial charge >= 0.3 is 6.61 Å². The van der Waals surface area contributed by atoms with Crippen molar-refractivity contribution in [3.63, 3.8) is 0 Å². The number of anilines is 1. The standard InChI is InChI=1S/C16H16F3NO/c1-2-15(11-3-5-12(17)6-4-11)20-13-7-9-14(10-8-13)21-16(18)19/h3-10,15-16,20H,2H2,1H3. The molecule has 2 aromatic rings. The lowest BCUT2D eigenvalue weighted by Gasteiger charge is -2.19. The second kappa shape index (κ2) is 7.02. The number of alkyl halides is 2. The van der Waals surface area contributed by atoms with Gasteiger partial charge in [0.2, 0.25) is 0 Å². The highest BCUT2D eigenvalue weighted by Crippen LogP contribution is 2.24. The highest BCUT2D eigenvalue weighted by molar-refractivity contribution is 5.48. The lowest BCUT2D eigenvalue weighted by molar-refractivity contribution is -0.0498. The van der Waals surface area contributed by atoms with Gasteiger partial charge in [0.05, 0.1) is 6.04 Å². The van der Waals surface area contributed by atoms with Crippen LogP contribution in [0.4, 0.5) is 18.9 Å². The molecule has 1 N–H and O–H groups in total. The van der Waals surface area contributed by atoms with E-state index in [1.807, 2.05) is 6.92 Å². The van der Waals surface area contributed by atoms with Crippen molar-refractivity contribution >= 4 is 5.69 Å². The van der Waals surface area contributed by atoms with Gasteiger partial charge in [-0.15, -0.1) is 0 Å². The Hall–Kier alpha value is -2.17. The van der Waals surface area contributed by atoms with E-state index in [4.69, 9.17) is 0 Å². The second-order valence-corrected chi connectivity index (χ2v) is 4.56. The van der Waals surface area contributed by atoms with E-state index < -0.39 is 6.61 Å². The Kier molecular flexibility index (Phi) is 5.09. The maximum absolute atomic E-state index is 12.9. The number of rotatable bonds is 6. The van der Waals surface area contributed by atoms with E-state index in [1.165, 1.54) is 24.3 Å². The first-order valence-electron chi connectivity index (χ1n) is 6.65. The van der Waals surface area contributed by atoms with Crippen molar-refractivity contribution in [3.05, 3.63) is 59.9 Å². The van der Waals surface area contributed by atoms with Gasteiger partial charge in [-0.1, -0.05) is 19.1 Å². The van der Waals surface area contributed by atoms with Crippen LogP contribution in [-0.2, 0) is 0 Å². The van der Waals surface area contributed by atoms with Gasteiger partial charge in [-0.25, -0.2) is 4.39 Å². The molecule has 0 aliphatic carbocycles. The lowest BCUT2D eigenvalue weighted by Crippen LogP contribution is -2.09. The molecular weight excluding hydrogens is 279 g/mol. The zero-order valence-electron chi connectivity index (χ0n) is 11.5. The van der Waals surface area contributed by atoms with E-state index in [2.05, 4.69) is 10.1 Å². The third kappa shape index (κ3) is 4.41. The zero-order chi connectivity index (χ0) is 15.2. The highest BCUT2D eigenvalue weighted by Gasteiger charge is 2.10. The molecule has 21 heavy (non-hydrogen) atoms. The molecule has 0 saturated carbocycles. The van der Waals surface area contributed by atoms with Gasteiger partial charge in [0, 0.05) is 5.69 Å². The minimum absolute atomic E-state index is 0.0208. The average Bonchev–Trinajstić information content (AvgIpc) is 2.47. The van der Waals surface area contributed by atoms with Gasteiger partial charge in [-0.05, 0) is 48.4 Å². The molecule has 2 aromatic carbocycles. The fourth-order valence-electron chi connectivity index (χ4n) is 2.05.